The molecule has 4 nitrogen and oxygen atoms in total. The molecule has 1 aromatic carbocycles. The van der Waals surface area contributed by atoms with Crippen LogP contribution >= 0.6 is 0 Å². The maximum absolute atomic E-state index is 13.1. The largest absolute Gasteiger partial charge is 0.478 e. The second-order valence-corrected chi connectivity index (χ2v) is 4.53. The van der Waals surface area contributed by atoms with Gasteiger partial charge in [0.15, 0.2) is 0 Å². The number of hydrogen-bond acceptors (Lipinski definition) is 4. The molecular formula is C15H17F2N3O. The number of hydrogen-bond donors (Lipinski definition) is 1. The molecule has 1 N–H and O–H groups in total. The fourth-order valence-electron chi connectivity index (χ4n) is 1.94. The molecule has 1 aromatic heterocycles. The van der Waals surface area contributed by atoms with Gasteiger partial charge < -0.3 is 10.1 Å². The first-order chi connectivity index (χ1) is 10.1. The standard InChI is InChI=1S/C15H17F2N3O/c1-3-21-15-9-14(19-10(2)20-15)18-5-4-11-6-12(16)8-13(17)7-11/h6-9H,3-5H2,1-2H3,(H,18,19,20). The third-order valence-corrected chi connectivity index (χ3v) is 2.75. The summed E-state index contributed by atoms with van der Waals surface area (Å²) in [6, 6.07) is 5.20. The monoisotopic (exact) mass is 293 g/mol. The van der Waals surface area contributed by atoms with E-state index in [0.717, 1.165) is 6.07 Å². The molecule has 6 heteroatoms. The van der Waals surface area contributed by atoms with Gasteiger partial charge in [0.25, 0.3) is 0 Å². The van der Waals surface area contributed by atoms with E-state index in [1.807, 2.05) is 6.92 Å². The van der Waals surface area contributed by atoms with Crippen molar-refractivity contribution in [2.75, 3.05) is 18.5 Å². The summed E-state index contributed by atoms with van der Waals surface area (Å²) < 4.78 is 31.5. The van der Waals surface area contributed by atoms with E-state index in [-0.39, 0.29) is 0 Å². The summed E-state index contributed by atoms with van der Waals surface area (Å²) in [5, 5.41) is 3.10. The van der Waals surface area contributed by atoms with Gasteiger partial charge in [0.2, 0.25) is 5.88 Å². The molecule has 0 radical (unpaired) electrons. The summed E-state index contributed by atoms with van der Waals surface area (Å²) in [7, 11) is 0. The van der Waals surface area contributed by atoms with E-state index in [2.05, 4.69) is 15.3 Å². The number of halogens is 2. The van der Waals surface area contributed by atoms with Gasteiger partial charge in [-0.3, -0.25) is 0 Å². The summed E-state index contributed by atoms with van der Waals surface area (Å²) in [4.78, 5) is 8.37. The van der Waals surface area contributed by atoms with E-state index in [0.29, 0.717) is 42.7 Å². The normalized spacial score (nSPS) is 10.5. The van der Waals surface area contributed by atoms with Crippen molar-refractivity contribution in [1.29, 1.82) is 0 Å². The minimum absolute atomic E-state index is 0.488. The number of anilines is 1. The molecule has 21 heavy (non-hydrogen) atoms. The lowest BCUT2D eigenvalue weighted by molar-refractivity contribution is 0.325. The fourth-order valence-corrected chi connectivity index (χ4v) is 1.94. The van der Waals surface area contributed by atoms with Crippen LogP contribution in [0.5, 0.6) is 5.88 Å². The van der Waals surface area contributed by atoms with Crippen LogP contribution in [0, 0.1) is 18.6 Å². The minimum atomic E-state index is -0.568. The molecule has 0 fully saturated rings. The van der Waals surface area contributed by atoms with Gasteiger partial charge in [-0.05, 0) is 38.0 Å². The van der Waals surface area contributed by atoms with Crippen molar-refractivity contribution in [3.8, 4) is 5.88 Å². The Morgan fingerprint density at radius 1 is 1.10 bits per heavy atom. The lowest BCUT2D eigenvalue weighted by Crippen LogP contribution is -2.08. The van der Waals surface area contributed by atoms with E-state index in [9.17, 15) is 8.78 Å². The Morgan fingerprint density at radius 2 is 1.81 bits per heavy atom. The SMILES string of the molecule is CCOc1cc(NCCc2cc(F)cc(F)c2)nc(C)n1. The third kappa shape index (κ3) is 4.66. The highest BCUT2D eigenvalue weighted by molar-refractivity contribution is 5.38. The number of nitrogens with zero attached hydrogens (tertiary/aromatic N) is 2. The number of nitrogens with one attached hydrogen (secondary N) is 1. The first kappa shape index (κ1) is 15.2. The Labute approximate surface area is 122 Å². The molecule has 0 aliphatic rings. The minimum Gasteiger partial charge on any atom is -0.478 e. The first-order valence-corrected chi connectivity index (χ1v) is 6.74. The molecule has 2 rings (SSSR count). The Morgan fingerprint density at radius 3 is 2.48 bits per heavy atom. The summed E-state index contributed by atoms with van der Waals surface area (Å²) in [5.41, 5.74) is 0.593. The topological polar surface area (TPSA) is 47.0 Å². The van der Waals surface area contributed by atoms with Crippen LogP contribution < -0.4 is 10.1 Å². The van der Waals surface area contributed by atoms with Gasteiger partial charge in [-0.1, -0.05) is 0 Å². The van der Waals surface area contributed by atoms with Crippen molar-refractivity contribution in [3.63, 3.8) is 0 Å². The molecular weight excluding hydrogens is 276 g/mol. The second-order valence-electron chi connectivity index (χ2n) is 4.53. The van der Waals surface area contributed by atoms with Crippen LogP contribution in [-0.4, -0.2) is 23.1 Å². The number of benzene rings is 1. The number of rotatable bonds is 6. The number of ether oxygens (including phenoxy) is 1. The van der Waals surface area contributed by atoms with Crippen LogP contribution in [0.1, 0.15) is 18.3 Å². The van der Waals surface area contributed by atoms with Crippen LogP contribution in [0.25, 0.3) is 0 Å². The Bertz CT molecular complexity index is 600. The molecule has 0 bridgehead atoms. The Balaban J connectivity index is 1.96. The summed E-state index contributed by atoms with van der Waals surface area (Å²) in [6.45, 7) is 4.68. The van der Waals surface area contributed by atoms with E-state index < -0.39 is 11.6 Å². The van der Waals surface area contributed by atoms with Crippen molar-refractivity contribution in [2.24, 2.45) is 0 Å². The summed E-state index contributed by atoms with van der Waals surface area (Å²) in [6.07, 6.45) is 0.488. The van der Waals surface area contributed by atoms with Gasteiger partial charge in [0.1, 0.15) is 23.3 Å². The quantitative estimate of drug-likeness (QED) is 0.889. The van der Waals surface area contributed by atoms with Gasteiger partial charge >= 0.3 is 0 Å². The second kappa shape index (κ2) is 6.97. The summed E-state index contributed by atoms with van der Waals surface area (Å²) >= 11 is 0. The molecule has 0 saturated heterocycles. The van der Waals surface area contributed by atoms with Gasteiger partial charge in [-0.25, -0.2) is 13.8 Å². The highest BCUT2D eigenvalue weighted by Gasteiger charge is 2.04. The van der Waals surface area contributed by atoms with Gasteiger partial charge in [0.05, 0.1) is 6.61 Å². The van der Waals surface area contributed by atoms with Crippen LogP contribution in [0.4, 0.5) is 14.6 Å². The predicted octanol–water partition coefficient (Wildman–Crippen LogP) is 3.12. The van der Waals surface area contributed by atoms with Gasteiger partial charge in [0, 0.05) is 18.7 Å². The van der Waals surface area contributed by atoms with Gasteiger partial charge in [-0.15, -0.1) is 0 Å². The Kier molecular flexibility index (Phi) is 5.03. The maximum Gasteiger partial charge on any atom is 0.218 e. The lowest BCUT2D eigenvalue weighted by atomic mass is 10.1. The van der Waals surface area contributed by atoms with Crippen molar-refractivity contribution in [2.45, 2.75) is 20.3 Å². The first-order valence-electron chi connectivity index (χ1n) is 6.74. The lowest BCUT2D eigenvalue weighted by Gasteiger charge is -2.09. The maximum atomic E-state index is 13.1. The van der Waals surface area contributed by atoms with E-state index in [4.69, 9.17) is 4.74 Å². The average Bonchev–Trinajstić information content (AvgIpc) is 2.37. The molecule has 2 aromatic rings. The van der Waals surface area contributed by atoms with Crippen LogP contribution in [0.15, 0.2) is 24.3 Å². The summed E-state index contributed by atoms with van der Waals surface area (Å²) in [5.74, 6) is 0.593. The smallest absolute Gasteiger partial charge is 0.218 e. The highest BCUT2D eigenvalue weighted by Crippen LogP contribution is 2.14. The molecule has 0 aliphatic heterocycles. The van der Waals surface area contributed by atoms with E-state index >= 15 is 0 Å². The predicted molar refractivity (Wildman–Crippen MR) is 76.5 cm³/mol. The average molecular weight is 293 g/mol. The molecule has 0 atom stereocenters. The molecule has 0 unspecified atom stereocenters. The van der Waals surface area contributed by atoms with E-state index in [1.54, 1.807) is 13.0 Å². The van der Waals surface area contributed by atoms with Crippen LogP contribution in [0.2, 0.25) is 0 Å². The Hall–Kier alpha value is -2.24. The zero-order chi connectivity index (χ0) is 15.2. The van der Waals surface area contributed by atoms with Crippen molar-refractivity contribution < 1.29 is 13.5 Å². The number of aryl methyl sites for hydroxylation is 1. The molecule has 0 aliphatic carbocycles. The fraction of sp³-hybridized carbons (Fsp3) is 0.333. The molecule has 1 heterocycles. The number of aromatic nitrogens is 2. The van der Waals surface area contributed by atoms with Crippen molar-refractivity contribution in [1.82, 2.24) is 9.97 Å². The zero-order valence-corrected chi connectivity index (χ0v) is 12.0. The van der Waals surface area contributed by atoms with Crippen LogP contribution in [-0.2, 0) is 6.42 Å². The third-order valence-electron chi connectivity index (χ3n) is 2.75. The molecule has 0 amide bonds. The molecule has 0 spiro atoms. The molecule has 112 valence electrons. The zero-order valence-electron chi connectivity index (χ0n) is 12.0. The van der Waals surface area contributed by atoms with Crippen molar-refractivity contribution in [3.05, 3.63) is 47.3 Å². The van der Waals surface area contributed by atoms with Crippen LogP contribution in [0.3, 0.4) is 0 Å². The van der Waals surface area contributed by atoms with E-state index in [1.165, 1.54) is 12.1 Å². The highest BCUT2D eigenvalue weighted by atomic mass is 19.1. The van der Waals surface area contributed by atoms with Gasteiger partial charge in [-0.2, -0.15) is 4.98 Å². The van der Waals surface area contributed by atoms with Crippen molar-refractivity contribution >= 4 is 5.82 Å². The molecule has 0 saturated carbocycles.